The Kier molecular flexibility index (Phi) is 5.34. The number of aryl methyl sites for hydroxylation is 2. The number of carbonyl (C=O) groups excluding carboxylic acids is 1. The number of thiophene rings is 2. The standard InChI is InChI=1S/C19H20ClN3O2S2/c1-22(9-12-7-8-15(20)26-12)16(24)10-23-11-21-18-17(19(23)25)13-5-3-2-4-6-14(13)27-18/h7-8,11H,2-6,9-10H2,1H3. The lowest BCUT2D eigenvalue weighted by molar-refractivity contribution is -0.131. The maximum Gasteiger partial charge on any atom is 0.262 e. The lowest BCUT2D eigenvalue weighted by Gasteiger charge is -2.16. The molecule has 0 saturated heterocycles. The van der Waals surface area contributed by atoms with Crippen molar-refractivity contribution in [3.05, 3.63) is 48.5 Å². The van der Waals surface area contributed by atoms with Crippen molar-refractivity contribution in [1.82, 2.24) is 14.5 Å². The fourth-order valence-corrected chi connectivity index (χ4v) is 5.86. The number of aromatic nitrogens is 2. The monoisotopic (exact) mass is 421 g/mol. The topological polar surface area (TPSA) is 55.2 Å². The van der Waals surface area contributed by atoms with Gasteiger partial charge in [0.05, 0.1) is 22.6 Å². The lowest BCUT2D eigenvalue weighted by Crippen LogP contribution is -2.33. The summed E-state index contributed by atoms with van der Waals surface area (Å²) in [6.07, 6.45) is 6.95. The fraction of sp³-hybridized carbons (Fsp3) is 0.421. The molecule has 0 fully saturated rings. The molecule has 3 aromatic rings. The minimum Gasteiger partial charge on any atom is -0.339 e. The van der Waals surface area contributed by atoms with E-state index in [2.05, 4.69) is 4.98 Å². The van der Waals surface area contributed by atoms with Crippen molar-refractivity contribution in [2.24, 2.45) is 0 Å². The largest absolute Gasteiger partial charge is 0.339 e. The van der Waals surface area contributed by atoms with Crippen molar-refractivity contribution in [1.29, 1.82) is 0 Å². The summed E-state index contributed by atoms with van der Waals surface area (Å²) in [5.41, 5.74) is 1.06. The molecule has 8 heteroatoms. The molecule has 0 N–H and O–H groups in total. The zero-order chi connectivity index (χ0) is 19.0. The van der Waals surface area contributed by atoms with E-state index in [9.17, 15) is 9.59 Å². The van der Waals surface area contributed by atoms with Crippen molar-refractivity contribution >= 4 is 50.4 Å². The quantitative estimate of drug-likeness (QED) is 0.596. The van der Waals surface area contributed by atoms with Gasteiger partial charge in [-0.3, -0.25) is 14.2 Å². The molecule has 27 heavy (non-hydrogen) atoms. The molecule has 0 spiro atoms. The molecule has 142 valence electrons. The first-order valence-corrected chi connectivity index (χ1v) is 11.0. The Bertz CT molecular complexity index is 1050. The molecule has 1 amide bonds. The third-order valence-corrected chi connectivity index (χ3v) is 7.36. The Morgan fingerprint density at radius 1 is 1.26 bits per heavy atom. The van der Waals surface area contributed by atoms with Crippen LogP contribution in [0.2, 0.25) is 4.34 Å². The normalized spacial score (nSPS) is 14.1. The van der Waals surface area contributed by atoms with Crippen LogP contribution in [0.1, 0.15) is 34.6 Å². The number of nitrogens with zero attached hydrogens (tertiary/aromatic N) is 3. The predicted octanol–water partition coefficient (Wildman–Crippen LogP) is 4.10. The number of amides is 1. The molecule has 0 saturated carbocycles. The molecule has 4 rings (SSSR count). The molecule has 0 atom stereocenters. The highest BCUT2D eigenvalue weighted by Crippen LogP contribution is 2.32. The van der Waals surface area contributed by atoms with Crippen molar-refractivity contribution in [3.8, 4) is 0 Å². The van der Waals surface area contributed by atoms with Crippen molar-refractivity contribution in [3.63, 3.8) is 0 Å². The molecule has 0 aromatic carbocycles. The van der Waals surface area contributed by atoms with Crippen LogP contribution in [-0.2, 0) is 30.7 Å². The van der Waals surface area contributed by atoms with Crippen LogP contribution in [0.15, 0.2) is 23.3 Å². The average molecular weight is 422 g/mol. The van der Waals surface area contributed by atoms with Gasteiger partial charge in [-0.2, -0.15) is 0 Å². The first-order valence-electron chi connectivity index (χ1n) is 9.01. The van der Waals surface area contributed by atoms with Gasteiger partial charge in [0.2, 0.25) is 5.91 Å². The van der Waals surface area contributed by atoms with Gasteiger partial charge in [0, 0.05) is 16.8 Å². The minimum absolute atomic E-state index is 0.00198. The lowest BCUT2D eigenvalue weighted by atomic mass is 10.1. The molecule has 1 aliphatic rings. The third kappa shape index (κ3) is 3.81. The number of likely N-dealkylation sites (N-methyl/N-ethyl adjacent to an activating group) is 1. The van der Waals surface area contributed by atoms with Gasteiger partial charge >= 0.3 is 0 Å². The highest BCUT2D eigenvalue weighted by molar-refractivity contribution is 7.18. The van der Waals surface area contributed by atoms with Crippen LogP contribution in [0.5, 0.6) is 0 Å². The van der Waals surface area contributed by atoms with E-state index in [0.717, 1.165) is 39.9 Å². The summed E-state index contributed by atoms with van der Waals surface area (Å²) in [5, 5.41) is 0.722. The van der Waals surface area contributed by atoms with Crippen LogP contribution < -0.4 is 5.56 Å². The van der Waals surface area contributed by atoms with Gasteiger partial charge in [0.1, 0.15) is 11.4 Å². The second kappa shape index (κ2) is 7.73. The zero-order valence-electron chi connectivity index (χ0n) is 15.0. The Hall–Kier alpha value is -1.70. The average Bonchev–Trinajstić information content (AvgIpc) is 3.13. The summed E-state index contributed by atoms with van der Waals surface area (Å²) in [6.45, 7) is 0.483. The van der Waals surface area contributed by atoms with Crippen molar-refractivity contribution in [2.45, 2.75) is 45.2 Å². The van der Waals surface area contributed by atoms with E-state index in [1.165, 1.54) is 39.9 Å². The van der Waals surface area contributed by atoms with Gasteiger partial charge in [-0.15, -0.1) is 22.7 Å². The Morgan fingerprint density at radius 3 is 2.85 bits per heavy atom. The first-order chi connectivity index (χ1) is 13.0. The van der Waals surface area contributed by atoms with E-state index in [1.54, 1.807) is 23.3 Å². The smallest absolute Gasteiger partial charge is 0.262 e. The first kappa shape index (κ1) is 18.7. The van der Waals surface area contributed by atoms with Crippen LogP contribution in [0.25, 0.3) is 10.2 Å². The third-order valence-electron chi connectivity index (χ3n) is 4.95. The molecule has 0 aliphatic heterocycles. The van der Waals surface area contributed by atoms with E-state index in [0.29, 0.717) is 10.9 Å². The molecule has 1 aliphatic carbocycles. The van der Waals surface area contributed by atoms with Gasteiger partial charge in [-0.1, -0.05) is 18.0 Å². The van der Waals surface area contributed by atoms with Crippen LogP contribution >= 0.6 is 34.3 Å². The van der Waals surface area contributed by atoms with Crippen LogP contribution in [-0.4, -0.2) is 27.4 Å². The highest BCUT2D eigenvalue weighted by atomic mass is 35.5. The maximum atomic E-state index is 13.0. The summed E-state index contributed by atoms with van der Waals surface area (Å²) in [7, 11) is 1.74. The number of hydrogen-bond acceptors (Lipinski definition) is 5. The number of fused-ring (bicyclic) bond motifs is 3. The number of hydrogen-bond donors (Lipinski definition) is 0. The van der Waals surface area contributed by atoms with E-state index in [1.807, 2.05) is 12.1 Å². The second-order valence-electron chi connectivity index (χ2n) is 6.88. The molecular weight excluding hydrogens is 402 g/mol. The van der Waals surface area contributed by atoms with E-state index in [-0.39, 0.29) is 18.0 Å². The molecule has 3 heterocycles. The van der Waals surface area contributed by atoms with Gasteiger partial charge in [0.25, 0.3) is 5.56 Å². The van der Waals surface area contributed by atoms with E-state index < -0.39 is 0 Å². The Labute approximate surface area is 170 Å². The number of rotatable bonds is 4. The second-order valence-corrected chi connectivity index (χ2v) is 9.76. The van der Waals surface area contributed by atoms with Gasteiger partial charge in [-0.25, -0.2) is 4.98 Å². The number of halogens is 1. The minimum atomic E-state index is -0.121. The summed E-state index contributed by atoms with van der Waals surface area (Å²) in [5.74, 6) is -0.121. The number of carbonyl (C=O) groups is 1. The van der Waals surface area contributed by atoms with Gasteiger partial charge < -0.3 is 4.90 Å². The van der Waals surface area contributed by atoms with Crippen LogP contribution in [0.3, 0.4) is 0 Å². The summed E-state index contributed by atoms with van der Waals surface area (Å²) >= 11 is 9.04. The Morgan fingerprint density at radius 2 is 2.07 bits per heavy atom. The Balaban J connectivity index is 1.58. The molecule has 0 radical (unpaired) electrons. The molecule has 3 aromatic heterocycles. The van der Waals surface area contributed by atoms with Gasteiger partial charge in [-0.05, 0) is 43.4 Å². The fourth-order valence-electron chi connectivity index (χ4n) is 3.50. The van der Waals surface area contributed by atoms with Crippen LogP contribution in [0, 0.1) is 0 Å². The SMILES string of the molecule is CN(Cc1ccc(Cl)s1)C(=O)Cn1cnc2sc3c(c2c1=O)CCCCC3. The van der Waals surface area contributed by atoms with E-state index >= 15 is 0 Å². The van der Waals surface area contributed by atoms with Crippen LogP contribution in [0.4, 0.5) is 0 Å². The molecule has 0 bridgehead atoms. The molecule has 5 nitrogen and oxygen atoms in total. The van der Waals surface area contributed by atoms with Crippen molar-refractivity contribution < 1.29 is 4.79 Å². The predicted molar refractivity (Wildman–Crippen MR) is 111 cm³/mol. The zero-order valence-corrected chi connectivity index (χ0v) is 17.4. The van der Waals surface area contributed by atoms with E-state index in [4.69, 9.17) is 11.6 Å². The summed E-state index contributed by atoms with van der Waals surface area (Å²) < 4.78 is 2.15. The van der Waals surface area contributed by atoms with Crippen molar-refractivity contribution in [2.75, 3.05) is 7.05 Å². The summed E-state index contributed by atoms with van der Waals surface area (Å²) in [6, 6.07) is 3.74. The molecule has 0 unspecified atom stereocenters. The summed E-state index contributed by atoms with van der Waals surface area (Å²) in [4.78, 5) is 34.8. The van der Waals surface area contributed by atoms with Gasteiger partial charge in [0.15, 0.2) is 0 Å². The highest BCUT2D eigenvalue weighted by Gasteiger charge is 2.20. The molecular formula is C19H20ClN3O2S2. The maximum absolute atomic E-state index is 13.0.